The molecule has 6 heteroatoms. The highest BCUT2D eigenvalue weighted by Gasteiger charge is 2.24. The summed E-state index contributed by atoms with van der Waals surface area (Å²) in [7, 11) is 0. The summed E-state index contributed by atoms with van der Waals surface area (Å²) in [6.45, 7) is 5.75. The molecule has 1 aliphatic rings. The number of imidazole rings is 1. The van der Waals surface area contributed by atoms with Crippen LogP contribution in [0.5, 0.6) is 0 Å². The molecule has 0 spiro atoms. The van der Waals surface area contributed by atoms with Crippen molar-refractivity contribution in [3.8, 4) is 0 Å². The van der Waals surface area contributed by atoms with Crippen LogP contribution >= 0.6 is 11.3 Å². The van der Waals surface area contributed by atoms with Gasteiger partial charge in [-0.05, 0) is 35.7 Å². The van der Waals surface area contributed by atoms with Gasteiger partial charge in [-0.15, -0.1) is 11.3 Å². The third kappa shape index (κ3) is 4.19. The summed E-state index contributed by atoms with van der Waals surface area (Å²) in [5.41, 5.74) is 3.66. The summed E-state index contributed by atoms with van der Waals surface area (Å²) in [5, 5.41) is 1.24. The fourth-order valence-corrected chi connectivity index (χ4v) is 5.95. The van der Waals surface area contributed by atoms with Gasteiger partial charge in [0, 0.05) is 42.8 Å². The van der Waals surface area contributed by atoms with E-state index in [-0.39, 0.29) is 5.82 Å². The zero-order valence-electron chi connectivity index (χ0n) is 19.0. The molecule has 5 aromatic rings. The Bertz CT molecular complexity index is 1400. The molecule has 0 atom stereocenters. The molecule has 0 N–H and O–H groups in total. The summed E-state index contributed by atoms with van der Waals surface area (Å²) < 4.78 is 17.1. The number of piperazine rings is 1. The second-order valence-electron chi connectivity index (χ2n) is 8.94. The number of thiophene rings is 1. The number of benzene rings is 3. The molecular formula is C28H27FN4S. The summed E-state index contributed by atoms with van der Waals surface area (Å²) >= 11 is 1.75. The Kier molecular flexibility index (Phi) is 5.77. The number of nitrogens with zero attached hydrogens (tertiary/aromatic N) is 4. The summed E-state index contributed by atoms with van der Waals surface area (Å²) in [6.07, 6.45) is 1.09. The molecule has 2 aromatic heterocycles. The smallest absolute Gasteiger partial charge is 0.207 e. The van der Waals surface area contributed by atoms with Crippen molar-refractivity contribution in [2.45, 2.75) is 13.0 Å². The molecule has 4 nitrogen and oxygen atoms in total. The minimum absolute atomic E-state index is 0.202. The van der Waals surface area contributed by atoms with Crippen molar-refractivity contribution in [3.05, 3.63) is 95.8 Å². The van der Waals surface area contributed by atoms with E-state index in [0.29, 0.717) is 6.54 Å². The Labute approximate surface area is 202 Å². The Morgan fingerprint density at radius 2 is 1.53 bits per heavy atom. The molecule has 0 aliphatic carbocycles. The second-order valence-corrected chi connectivity index (χ2v) is 9.97. The number of fused-ring (bicyclic) bond motifs is 3. The first kappa shape index (κ1) is 21.3. The van der Waals surface area contributed by atoms with E-state index in [1.807, 2.05) is 12.1 Å². The SMILES string of the molecule is Fc1ccc(Cn2c(N3CCN(CCc4ccccc4)CC3)nc3sc4ccccc4c32)cc1. The van der Waals surface area contributed by atoms with Crippen LogP contribution in [0.1, 0.15) is 11.1 Å². The average molecular weight is 471 g/mol. The van der Waals surface area contributed by atoms with E-state index in [9.17, 15) is 4.39 Å². The lowest BCUT2D eigenvalue weighted by atomic mass is 10.1. The van der Waals surface area contributed by atoms with Crippen molar-refractivity contribution in [1.82, 2.24) is 14.5 Å². The minimum Gasteiger partial charge on any atom is -0.340 e. The molecule has 0 bridgehead atoms. The van der Waals surface area contributed by atoms with Crippen molar-refractivity contribution < 1.29 is 4.39 Å². The second kappa shape index (κ2) is 9.20. The van der Waals surface area contributed by atoms with E-state index in [0.717, 1.165) is 55.5 Å². The fraction of sp³-hybridized carbons (Fsp3) is 0.250. The molecule has 172 valence electrons. The number of hydrogen-bond donors (Lipinski definition) is 0. The Balaban J connectivity index is 1.26. The van der Waals surface area contributed by atoms with Crippen molar-refractivity contribution in [1.29, 1.82) is 0 Å². The van der Waals surface area contributed by atoms with E-state index in [4.69, 9.17) is 4.98 Å². The largest absolute Gasteiger partial charge is 0.340 e. The summed E-state index contributed by atoms with van der Waals surface area (Å²) in [4.78, 5) is 11.2. The molecule has 1 fully saturated rings. The van der Waals surface area contributed by atoms with Gasteiger partial charge in [0.2, 0.25) is 5.95 Å². The number of halogens is 1. The molecule has 0 radical (unpaired) electrons. The molecule has 1 saturated heterocycles. The summed E-state index contributed by atoms with van der Waals surface area (Å²) in [6, 6.07) is 26.1. The minimum atomic E-state index is -0.202. The Morgan fingerprint density at radius 3 is 2.32 bits per heavy atom. The lowest BCUT2D eigenvalue weighted by Crippen LogP contribution is -2.47. The quantitative estimate of drug-likeness (QED) is 0.313. The predicted octanol–water partition coefficient (Wildman–Crippen LogP) is 5.80. The van der Waals surface area contributed by atoms with E-state index in [1.54, 1.807) is 23.5 Å². The van der Waals surface area contributed by atoms with Crippen molar-refractivity contribution in [2.24, 2.45) is 0 Å². The number of rotatable bonds is 6. The molecule has 6 rings (SSSR count). The lowest BCUT2D eigenvalue weighted by Gasteiger charge is -2.35. The third-order valence-electron chi connectivity index (χ3n) is 6.73. The van der Waals surface area contributed by atoms with Gasteiger partial charge in [0.05, 0.1) is 12.1 Å². The van der Waals surface area contributed by atoms with Gasteiger partial charge in [0.25, 0.3) is 0 Å². The predicted molar refractivity (Wildman–Crippen MR) is 139 cm³/mol. The first-order chi connectivity index (χ1) is 16.7. The Morgan fingerprint density at radius 1 is 0.794 bits per heavy atom. The monoisotopic (exact) mass is 470 g/mol. The topological polar surface area (TPSA) is 24.3 Å². The van der Waals surface area contributed by atoms with Crippen LogP contribution in [0.4, 0.5) is 10.3 Å². The first-order valence-corrected chi connectivity index (χ1v) is 12.7. The van der Waals surface area contributed by atoms with Gasteiger partial charge < -0.3 is 9.47 Å². The highest BCUT2D eigenvalue weighted by atomic mass is 32.1. The van der Waals surface area contributed by atoms with Crippen LogP contribution in [-0.4, -0.2) is 47.2 Å². The first-order valence-electron chi connectivity index (χ1n) is 11.9. The molecule has 34 heavy (non-hydrogen) atoms. The zero-order chi connectivity index (χ0) is 22.9. The van der Waals surface area contributed by atoms with Gasteiger partial charge in [0.1, 0.15) is 10.6 Å². The van der Waals surface area contributed by atoms with E-state index < -0.39 is 0 Å². The van der Waals surface area contributed by atoms with E-state index in [2.05, 4.69) is 69.0 Å². The highest BCUT2D eigenvalue weighted by molar-refractivity contribution is 7.25. The maximum Gasteiger partial charge on any atom is 0.207 e. The number of hydrogen-bond acceptors (Lipinski definition) is 4. The van der Waals surface area contributed by atoms with Crippen molar-refractivity contribution in [2.75, 3.05) is 37.6 Å². The van der Waals surface area contributed by atoms with Crippen molar-refractivity contribution in [3.63, 3.8) is 0 Å². The number of anilines is 1. The van der Waals surface area contributed by atoms with Gasteiger partial charge >= 0.3 is 0 Å². The van der Waals surface area contributed by atoms with Crippen LogP contribution in [0.3, 0.4) is 0 Å². The maximum atomic E-state index is 13.5. The standard InChI is InChI=1S/C28H27FN4S/c29-23-12-10-22(11-13-23)20-33-26-24-8-4-5-9-25(24)34-27(26)30-28(33)32-18-16-31(17-19-32)15-14-21-6-2-1-3-7-21/h1-13H,14-20H2. The van der Waals surface area contributed by atoms with Crippen LogP contribution in [0.15, 0.2) is 78.9 Å². The highest BCUT2D eigenvalue weighted by Crippen LogP contribution is 2.37. The van der Waals surface area contributed by atoms with Gasteiger partial charge in [-0.3, -0.25) is 4.90 Å². The molecule has 0 unspecified atom stereocenters. The van der Waals surface area contributed by atoms with Gasteiger partial charge in [0.15, 0.2) is 0 Å². The molecule has 3 heterocycles. The third-order valence-corrected chi connectivity index (χ3v) is 7.79. The van der Waals surface area contributed by atoms with E-state index in [1.165, 1.54) is 21.2 Å². The fourth-order valence-electron chi connectivity index (χ4n) is 4.87. The van der Waals surface area contributed by atoms with Crippen molar-refractivity contribution >= 4 is 37.7 Å². The van der Waals surface area contributed by atoms with Gasteiger partial charge in [-0.25, -0.2) is 9.37 Å². The van der Waals surface area contributed by atoms with Gasteiger partial charge in [-0.1, -0.05) is 60.7 Å². The molecule has 0 amide bonds. The van der Waals surface area contributed by atoms with Crippen LogP contribution in [-0.2, 0) is 13.0 Å². The molecule has 3 aromatic carbocycles. The van der Waals surface area contributed by atoms with Crippen LogP contribution in [0, 0.1) is 5.82 Å². The molecular weight excluding hydrogens is 443 g/mol. The van der Waals surface area contributed by atoms with Crippen LogP contribution < -0.4 is 4.90 Å². The average Bonchev–Trinajstić information content (AvgIpc) is 3.42. The molecule has 0 saturated carbocycles. The van der Waals surface area contributed by atoms with Crippen LogP contribution in [0.25, 0.3) is 20.4 Å². The molecule has 1 aliphatic heterocycles. The Hall–Kier alpha value is -3.22. The number of aromatic nitrogens is 2. The summed E-state index contributed by atoms with van der Waals surface area (Å²) in [5.74, 6) is 0.825. The normalized spacial score (nSPS) is 14.9. The maximum absolute atomic E-state index is 13.5. The zero-order valence-corrected chi connectivity index (χ0v) is 19.8. The lowest BCUT2D eigenvalue weighted by molar-refractivity contribution is 0.259. The van der Waals surface area contributed by atoms with E-state index >= 15 is 0 Å². The van der Waals surface area contributed by atoms with Crippen LogP contribution in [0.2, 0.25) is 0 Å². The van der Waals surface area contributed by atoms with Gasteiger partial charge in [-0.2, -0.15) is 0 Å².